The third-order valence-electron chi connectivity index (χ3n) is 4.61. The van der Waals surface area contributed by atoms with Crippen LogP contribution < -0.4 is 26.0 Å². The van der Waals surface area contributed by atoms with Crippen LogP contribution in [0.15, 0.2) is 42.5 Å². The molecule has 0 spiro atoms. The molecule has 0 unspecified atom stereocenters. The normalized spacial score (nSPS) is 17.5. The van der Waals surface area contributed by atoms with Crippen molar-refractivity contribution in [3.63, 3.8) is 0 Å². The number of carbonyl (C=O) groups is 4. The van der Waals surface area contributed by atoms with Crippen LogP contribution >= 0.6 is 0 Å². The second-order valence-corrected chi connectivity index (χ2v) is 6.70. The van der Waals surface area contributed by atoms with Gasteiger partial charge in [0.1, 0.15) is 11.8 Å². The van der Waals surface area contributed by atoms with Crippen LogP contribution in [0, 0.1) is 0 Å². The van der Waals surface area contributed by atoms with E-state index < -0.39 is 6.04 Å². The van der Waals surface area contributed by atoms with Gasteiger partial charge in [0.05, 0.1) is 16.9 Å². The summed E-state index contributed by atoms with van der Waals surface area (Å²) < 4.78 is 5.32. The number of hydrogen-bond donors (Lipinski definition) is 4. The number of benzene rings is 2. The highest BCUT2D eigenvalue weighted by atomic mass is 16.5. The number of ether oxygens (including phenoxy) is 1. The Kier molecular flexibility index (Phi) is 4.86. The largest absolute Gasteiger partial charge is 0.482 e. The molecule has 1 atom stereocenters. The van der Waals surface area contributed by atoms with E-state index in [0.717, 1.165) is 0 Å². The van der Waals surface area contributed by atoms with Gasteiger partial charge in [0, 0.05) is 18.2 Å². The molecule has 0 aromatic heterocycles. The minimum Gasteiger partial charge on any atom is -0.482 e. The van der Waals surface area contributed by atoms with E-state index in [-0.39, 0.29) is 43.1 Å². The van der Waals surface area contributed by atoms with E-state index in [9.17, 15) is 19.2 Å². The van der Waals surface area contributed by atoms with Gasteiger partial charge in [-0.1, -0.05) is 12.1 Å². The molecule has 29 heavy (non-hydrogen) atoms. The van der Waals surface area contributed by atoms with Gasteiger partial charge in [0.15, 0.2) is 6.61 Å². The van der Waals surface area contributed by atoms with E-state index >= 15 is 0 Å². The minimum absolute atomic E-state index is 0.0311. The highest BCUT2D eigenvalue weighted by molar-refractivity contribution is 6.10. The van der Waals surface area contributed by atoms with Crippen molar-refractivity contribution in [2.45, 2.75) is 18.9 Å². The van der Waals surface area contributed by atoms with Crippen LogP contribution in [0.4, 0.5) is 17.1 Å². The molecule has 4 amide bonds. The van der Waals surface area contributed by atoms with E-state index in [1.165, 1.54) is 0 Å². The van der Waals surface area contributed by atoms with E-state index in [0.29, 0.717) is 28.4 Å². The maximum absolute atomic E-state index is 12.4. The van der Waals surface area contributed by atoms with Gasteiger partial charge in [0.25, 0.3) is 11.8 Å². The smallest absolute Gasteiger partial charge is 0.262 e. The Balaban J connectivity index is 1.36. The zero-order valence-corrected chi connectivity index (χ0v) is 15.3. The van der Waals surface area contributed by atoms with Crippen LogP contribution in [0.5, 0.6) is 5.75 Å². The number of anilines is 3. The summed E-state index contributed by atoms with van der Waals surface area (Å²) in [6.45, 7) is -0.0801. The monoisotopic (exact) mass is 394 g/mol. The summed E-state index contributed by atoms with van der Waals surface area (Å²) in [4.78, 5) is 48.3. The second-order valence-electron chi connectivity index (χ2n) is 6.70. The van der Waals surface area contributed by atoms with Gasteiger partial charge in [-0.25, -0.2) is 0 Å². The lowest BCUT2D eigenvalue weighted by atomic mass is 10.1. The average molecular weight is 394 g/mol. The molecule has 4 N–H and O–H groups in total. The van der Waals surface area contributed by atoms with Gasteiger partial charge in [-0.15, -0.1) is 0 Å². The van der Waals surface area contributed by atoms with Crippen LogP contribution in [0.25, 0.3) is 0 Å². The maximum atomic E-state index is 12.4. The summed E-state index contributed by atoms with van der Waals surface area (Å²) >= 11 is 0. The van der Waals surface area contributed by atoms with Crippen LogP contribution in [-0.2, 0) is 14.4 Å². The molecule has 2 heterocycles. The Labute approximate surface area is 165 Å². The molecule has 0 fully saturated rings. The minimum atomic E-state index is -0.817. The zero-order chi connectivity index (χ0) is 20.4. The van der Waals surface area contributed by atoms with Crippen molar-refractivity contribution < 1.29 is 23.9 Å². The number of nitrogens with one attached hydrogen (secondary N) is 4. The van der Waals surface area contributed by atoms with E-state index in [4.69, 9.17) is 4.74 Å². The molecule has 0 saturated carbocycles. The topological polar surface area (TPSA) is 126 Å². The zero-order valence-electron chi connectivity index (χ0n) is 15.3. The molecule has 0 saturated heterocycles. The molecule has 9 nitrogen and oxygen atoms in total. The number of hydrogen-bond acceptors (Lipinski definition) is 5. The predicted molar refractivity (Wildman–Crippen MR) is 105 cm³/mol. The Hall–Kier alpha value is -3.88. The van der Waals surface area contributed by atoms with Gasteiger partial charge in [-0.3, -0.25) is 19.2 Å². The summed E-state index contributed by atoms with van der Waals surface area (Å²) in [5.41, 5.74) is 1.88. The van der Waals surface area contributed by atoms with Crippen LogP contribution in [0.3, 0.4) is 0 Å². The Morgan fingerprint density at radius 3 is 2.76 bits per heavy atom. The summed E-state index contributed by atoms with van der Waals surface area (Å²) in [6, 6.07) is 10.8. The molecule has 0 aliphatic carbocycles. The molecular weight excluding hydrogens is 376 g/mol. The molecule has 148 valence electrons. The number of carbonyl (C=O) groups excluding carboxylic acids is 4. The van der Waals surface area contributed by atoms with Crippen molar-refractivity contribution >= 4 is 40.7 Å². The number of para-hydroxylation sites is 1. The molecule has 2 aliphatic heterocycles. The average Bonchev–Trinajstić information content (AvgIpc) is 2.82. The Morgan fingerprint density at radius 1 is 1.07 bits per heavy atom. The van der Waals surface area contributed by atoms with Crippen molar-refractivity contribution in [3.8, 4) is 5.75 Å². The van der Waals surface area contributed by atoms with Crippen LogP contribution in [0.1, 0.15) is 23.2 Å². The van der Waals surface area contributed by atoms with Gasteiger partial charge >= 0.3 is 0 Å². The highest BCUT2D eigenvalue weighted by Crippen LogP contribution is 2.30. The molecule has 2 aliphatic rings. The quantitative estimate of drug-likeness (QED) is 0.625. The van der Waals surface area contributed by atoms with Gasteiger partial charge in [-0.05, 0) is 30.7 Å². The third kappa shape index (κ3) is 4.03. The predicted octanol–water partition coefficient (Wildman–Crippen LogP) is 1.49. The molecule has 0 radical (unpaired) electrons. The van der Waals surface area contributed by atoms with E-state index in [1.807, 2.05) is 0 Å². The number of amides is 4. The first-order chi connectivity index (χ1) is 14.0. The Bertz CT molecular complexity index is 1020. The first-order valence-electron chi connectivity index (χ1n) is 9.07. The maximum Gasteiger partial charge on any atom is 0.262 e. The lowest BCUT2D eigenvalue weighted by Gasteiger charge is -2.19. The fraction of sp³-hybridized carbons (Fsp3) is 0.200. The molecule has 2 aromatic rings. The first kappa shape index (κ1) is 18.5. The van der Waals surface area contributed by atoms with Crippen molar-refractivity contribution in [2.24, 2.45) is 0 Å². The summed E-state index contributed by atoms with van der Waals surface area (Å²) in [5, 5.41) is 10.8. The summed E-state index contributed by atoms with van der Waals surface area (Å²) in [7, 11) is 0. The number of rotatable bonds is 4. The van der Waals surface area contributed by atoms with Gasteiger partial charge in [0.2, 0.25) is 11.8 Å². The summed E-state index contributed by atoms with van der Waals surface area (Å²) in [6.07, 6.45) is 0.179. The van der Waals surface area contributed by atoms with Crippen molar-refractivity contribution in [1.29, 1.82) is 0 Å². The van der Waals surface area contributed by atoms with E-state index in [2.05, 4.69) is 21.3 Å². The first-order valence-corrected chi connectivity index (χ1v) is 9.07. The summed E-state index contributed by atoms with van der Waals surface area (Å²) in [5.74, 6) is -0.809. The van der Waals surface area contributed by atoms with Crippen molar-refractivity contribution in [3.05, 3.63) is 48.0 Å². The fourth-order valence-corrected chi connectivity index (χ4v) is 3.17. The van der Waals surface area contributed by atoms with Crippen LogP contribution in [0.2, 0.25) is 0 Å². The Morgan fingerprint density at radius 2 is 1.90 bits per heavy atom. The SMILES string of the molecule is O=C(CC[C@H]1NC(=O)c2ccccc2NC1=O)Nc1ccc2c(c1)OCC(=O)N2. The standard InChI is InChI=1S/C20H18N4O5/c25-17(21-11-5-6-14-16(9-11)29-10-18(26)22-14)8-7-15-20(28)23-13-4-2-1-3-12(13)19(27)24-15/h1-6,9,15H,7-8,10H2,(H,21,25)(H,22,26)(H,23,28)(H,24,27)/t15-/m1/s1. The lowest BCUT2D eigenvalue weighted by Crippen LogP contribution is -2.41. The molecule has 4 rings (SSSR count). The van der Waals surface area contributed by atoms with Crippen molar-refractivity contribution in [2.75, 3.05) is 22.6 Å². The van der Waals surface area contributed by atoms with Gasteiger partial charge < -0.3 is 26.0 Å². The second kappa shape index (κ2) is 7.63. The lowest BCUT2D eigenvalue weighted by molar-refractivity contribution is -0.119. The highest BCUT2D eigenvalue weighted by Gasteiger charge is 2.28. The van der Waals surface area contributed by atoms with Crippen molar-refractivity contribution in [1.82, 2.24) is 5.32 Å². The number of fused-ring (bicyclic) bond motifs is 2. The van der Waals surface area contributed by atoms with Gasteiger partial charge in [-0.2, -0.15) is 0 Å². The van der Waals surface area contributed by atoms with E-state index in [1.54, 1.807) is 42.5 Å². The van der Waals surface area contributed by atoms with Crippen LogP contribution in [-0.4, -0.2) is 36.3 Å². The third-order valence-corrected chi connectivity index (χ3v) is 4.61. The molecule has 2 aromatic carbocycles. The molecule has 9 heteroatoms. The molecule has 0 bridgehead atoms. The fourth-order valence-electron chi connectivity index (χ4n) is 3.17. The molecular formula is C20H18N4O5.